The Hall–Kier alpha value is -1.79. The van der Waals surface area contributed by atoms with Crippen molar-refractivity contribution in [2.24, 2.45) is 11.3 Å². The fraction of sp³-hybridized carbons (Fsp3) is 0.769. The maximum atomic E-state index is 11.6. The second kappa shape index (κ2) is 7.72. The van der Waals surface area contributed by atoms with E-state index < -0.39 is 24.0 Å². The van der Waals surface area contributed by atoms with Crippen LogP contribution in [-0.4, -0.2) is 40.8 Å². The Morgan fingerprint density at radius 2 is 1.70 bits per heavy atom. The number of nitrogens with one attached hydrogen (secondary N) is 2. The Morgan fingerprint density at radius 3 is 2.10 bits per heavy atom. The highest BCUT2D eigenvalue weighted by atomic mass is 16.4. The van der Waals surface area contributed by atoms with Crippen LogP contribution in [-0.2, 0) is 9.59 Å². The first-order valence-corrected chi connectivity index (χ1v) is 6.55. The molecule has 0 fully saturated rings. The lowest BCUT2D eigenvalue weighted by molar-refractivity contribution is -0.140. The molecule has 4 N–H and O–H groups in total. The van der Waals surface area contributed by atoms with Crippen molar-refractivity contribution in [1.29, 1.82) is 0 Å². The van der Waals surface area contributed by atoms with Crippen molar-refractivity contribution >= 4 is 18.0 Å². The number of amides is 2. The Bertz CT molecular complexity index is 366. The number of carboxylic acid groups (broad SMARTS) is 2. The molecule has 1 atom stereocenters. The topological polar surface area (TPSA) is 116 Å². The van der Waals surface area contributed by atoms with E-state index in [4.69, 9.17) is 10.2 Å². The predicted molar refractivity (Wildman–Crippen MR) is 73.4 cm³/mol. The zero-order chi connectivity index (χ0) is 15.9. The lowest BCUT2D eigenvalue weighted by Crippen LogP contribution is -2.48. The number of carboxylic acids is 2. The SMILES string of the molecule is CC(C)C(C)(C)CNC(=O)NC(CCC(=O)O)C(=O)O. The average molecular weight is 288 g/mol. The van der Waals surface area contributed by atoms with Crippen LogP contribution in [0, 0.1) is 11.3 Å². The van der Waals surface area contributed by atoms with Gasteiger partial charge in [0.15, 0.2) is 0 Å². The number of carbonyl (C=O) groups is 3. The molecule has 0 rings (SSSR count). The number of rotatable bonds is 8. The van der Waals surface area contributed by atoms with Gasteiger partial charge in [0.25, 0.3) is 0 Å². The molecule has 0 saturated heterocycles. The highest BCUT2D eigenvalue weighted by Crippen LogP contribution is 2.24. The predicted octanol–water partition coefficient (Wildman–Crippen LogP) is 1.29. The molecule has 0 aliphatic carbocycles. The third-order valence-electron chi connectivity index (χ3n) is 3.52. The summed E-state index contributed by atoms with van der Waals surface area (Å²) >= 11 is 0. The number of urea groups is 1. The first kappa shape index (κ1) is 18.2. The van der Waals surface area contributed by atoms with Crippen molar-refractivity contribution in [3.05, 3.63) is 0 Å². The third kappa shape index (κ3) is 6.96. The highest BCUT2D eigenvalue weighted by molar-refractivity contribution is 5.83. The fourth-order valence-corrected chi connectivity index (χ4v) is 1.25. The third-order valence-corrected chi connectivity index (χ3v) is 3.52. The van der Waals surface area contributed by atoms with Gasteiger partial charge in [0.05, 0.1) is 0 Å². The molecule has 1 unspecified atom stereocenters. The monoisotopic (exact) mass is 288 g/mol. The van der Waals surface area contributed by atoms with Gasteiger partial charge in [-0.2, -0.15) is 0 Å². The molecule has 0 aromatic rings. The standard InChI is InChI=1S/C13H24N2O5/c1-8(2)13(3,4)7-14-12(20)15-9(11(18)19)5-6-10(16)17/h8-9H,5-7H2,1-4H3,(H,16,17)(H,18,19)(H2,14,15,20). The van der Waals surface area contributed by atoms with E-state index in [1.165, 1.54) is 0 Å². The van der Waals surface area contributed by atoms with Crippen LogP contribution in [0.5, 0.6) is 0 Å². The van der Waals surface area contributed by atoms with E-state index in [2.05, 4.69) is 10.6 Å². The summed E-state index contributed by atoms with van der Waals surface area (Å²) in [6.45, 7) is 8.47. The van der Waals surface area contributed by atoms with Gasteiger partial charge >= 0.3 is 18.0 Å². The van der Waals surface area contributed by atoms with E-state index in [0.29, 0.717) is 12.5 Å². The molecule has 0 bridgehead atoms. The van der Waals surface area contributed by atoms with E-state index in [1.54, 1.807) is 0 Å². The van der Waals surface area contributed by atoms with Crippen LogP contribution in [0.15, 0.2) is 0 Å². The fourth-order valence-electron chi connectivity index (χ4n) is 1.25. The van der Waals surface area contributed by atoms with Gasteiger partial charge in [0, 0.05) is 13.0 Å². The van der Waals surface area contributed by atoms with Gasteiger partial charge in [-0.15, -0.1) is 0 Å². The summed E-state index contributed by atoms with van der Waals surface area (Å²) in [6, 6.07) is -1.80. The zero-order valence-electron chi connectivity index (χ0n) is 12.4. The van der Waals surface area contributed by atoms with Crippen LogP contribution >= 0.6 is 0 Å². The van der Waals surface area contributed by atoms with Crippen molar-refractivity contribution in [1.82, 2.24) is 10.6 Å². The molecule has 20 heavy (non-hydrogen) atoms. The molecule has 116 valence electrons. The zero-order valence-corrected chi connectivity index (χ0v) is 12.4. The summed E-state index contributed by atoms with van der Waals surface area (Å²) in [5.41, 5.74) is -0.114. The first-order valence-electron chi connectivity index (χ1n) is 6.55. The minimum absolute atomic E-state index is 0.114. The minimum Gasteiger partial charge on any atom is -0.481 e. The lowest BCUT2D eigenvalue weighted by Gasteiger charge is -2.29. The molecular weight excluding hydrogens is 264 g/mol. The number of carbonyl (C=O) groups excluding carboxylic acids is 1. The molecule has 0 spiro atoms. The summed E-state index contributed by atoms with van der Waals surface area (Å²) in [6.07, 6.45) is -0.458. The second-order valence-corrected chi connectivity index (χ2v) is 5.79. The van der Waals surface area contributed by atoms with E-state index in [0.717, 1.165) is 0 Å². The maximum absolute atomic E-state index is 11.6. The summed E-state index contributed by atoms with van der Waals surface area (Å²) in [7, 11) is 0. The molecule has 0 heterocycles. The Morgan fingerprint density at radius 1 is 1.15 bits per heavy atom. The molecule has 2 amide bonds. The Balaban J connectivity index is 4.33. The van der Waals surface area contributed by atoms with Crippen LogP contribution in [0.1, 0.15) is 40.5 Å². The highest BCUT2D eigenvalue weighted by Gasteiger charge is 2.25. The smallest absolute Gasteiger partial charge is 0.326 e. The summed E-state index contributed by atoms with van der Waals surface area (Å²) in [4.78, 5) is 33.0. The molecule has 0 aromatic carbocycles. The summed E-state index contributed by atoms with van der Waals surface area (Å²) in [5.74, 6) is -1.99. The summed E-state index contributed by atoms with van der Waals surface area (Å²) < 4.78 is 0. The van der Waals surface area contributed by atoms with E-state index in [-0.39, 0.29) is 18.3 Å². The van der Waals surface area contributed by atoms with Crippen molar-refractivity contribution in [3.8, 4) is 0 Å². The van der Waals surface area contributed by atoms with Gasteiger partial charge in [-0.1, -0.05) is 27.7 Å². The molecule has 0 saturated carbocycles. The van der Waals surface area contributed by atoms with Crippen LogP contribution < -0.4 is 10.6 Å². The molecule has 0 radical (unpaired) electrons. The normalized spacial score (nSPS) is 12.8. The van der Waals surface area contributed by atoms with Gasteiger partial charge < -0.3 is 20.8 Å². The molecule has 0 aliphatic rings. The average Bonchev–Trinajstić information content (AvgIpc) is 2.31. The number of aliphatic carboxylic acids is 2. The van der Waals surface area contributed by atoms with Crippen LogP contribution in [0.4, 0.5) is 4.79 Å². The Kier molecular flexibility index (Phi) is 7.02. The largest absolute Gasteiger partial charge is 0.481 e. The molecule has 0 aliphatic heterocycles. The van der Waals surface area contributed by atoms with Crippen molar-refractivity contribution < 1.29 is 24.6 Å². The quantitative estimate of drug-likeness (QED) is 0.537. The molecular formula is C13H24N2O5. The number of hydrogen-bond acceptors (Lipinski definition) is 3. The Labute approximate surface area is 118 Å². The van der Waals surface area contributed by atoms with E-state index in [9.17, 15) is 14.4 Å². The van der Waals surface area contributed by atoms with E-state index in [1.807, 2.05) is 27.7 Å². The van der Waals surface area contributed by atoms with Gasteiger partial charge in [-0.25, -0.2) is 9.59 Å². The van der Waals surface area contributed by atoms with Crippen molar-refractivity contribution in [2.75, 3.05) is 6.54 Å². The van der Waals surface area contributed by atoms with Gasteiger partial charge in [-0.3, -0.25) is 4.79 Å². The van der Waals surface area contributed by atoms with Crippen molar-refractivity contribution in [2.45, 2.75) is 46.6 Å². The van der Waals surface area contributed by atoms with Crippen LogP contribution in [0.2, 0.25) is 0 Å². The molecule has 0 aromatic heterocycles. The van der Waals surface area contributed by atoms with E-state index >= 15 is 0 Å². The van der Waals surface area contributed by atoms with Gasteiger partial charge in [0.2, 0.25) is 0 Å². The lowest BCUT2D eigenvalue weighted by atomic mass is 9.81. The summed E-state index contributed by atoms with van der Waals surface area (Å²) in [5, 5.41) is 22.3. The molecule has 7 nitrogen and oxygen atoms in total. The van der Waals surface area contributed by atoms with Crippen LogP contribution in [0.25, 0.3) is 0 Å². The maximum Gasteiger partial charge on any atom is 0.326 e. The number of hydrogen-bond donors (Lipinski definition) is 4. The van der Waals surface area contributed by atoms with Gasteiger partial charge in [0.1, 0.15) is 6.04 Å². The first-order chi connectivity index (χ1) is 9.06. The van der Waals surface area contributed by atoms with Crippen molar-refractivity contribution in [3.63, 3.8) is 0 Å². The minimum atomic E-state index is -1.25. The molecule has 7 heteroatoms. The van der Waals surface area contributed by atoms with Gasteiger partial charge in [-0.05, 0) is 17.8 Å². The second-order valence-electron chi connectivity index (χ2n) is 5.79. The van der Waals surface area contributed by atoms with Crippen LogP contribution in [0.3, 0.4) is 0 Å².